The summed E-state index contributed by atoms with van der Waals surface area (Å²) in [5, 5.41) is 2.87. The molecule has 1 N–H and O–H groups in total. The van der Waals surface area contributed by atoms with E-state index in [9.17, 15) is 0 Å². The summed E-state index contributed by atoms with van der Waals surface area (Å²) in [6.07, 6.45) is 0. The van der Waals surface area contributed by atoms with E-state index in [1.54, 1.807) is 20.2 Å². The lowest BCUT2D eigenvalue weighted by atomic mass is 10.5. The van der Waals surface area contributed by atoms with E-state index in [-0.39, 0.29) is 0 Å². The molecule has 72 valence electrons. The van der Waals surface area contributed by atoms with Crippen molar-refractivity contribution in [2.45, 2.75) is 0 Å². The predicted octanol–water partition coefficient (Wildman–Crippen LogP) is 0.593. The number of nitrogens with one attached hydrogen (secondary N) is 1. The molecular formula is C8H14N4O. The van der Waals surface area contributed by atoms with Crippen molar-refractivity contribution < 1.29 is 4.74 Å². The van der Waals surface area contributed by atoms with E-state index in [0.717, 1.165) is 5.82 Å². The first-order valence-corrected chi connectivity index (χ1v) is 3.95. The van der Waals surface area contributed by atoms with Crippen LogP contribution in [0.15, 0.2) is 6.07 Å². The predicted molar refractivity (Wildman–Crippen MR) is 52.5 cm³/mol. The van der Waals surface area contributed by atoms with Crippen LogP contribution in [0.4, 0.5) is 11.8 Å². The summed E-state index contributed by atoms with van der Waals surface area (Å²) in [5.74, 6) is 1.93. The van der Waals surface area contributed by atoms with Crippen molar-refractivity contribution in [2.75, 3.05) is 38.5 Å². The van der Waals surface area contributed by atoms with Gasteiger partial charge in [0, 0.05) is 27.2 Å². The molecule has 0 aliphatic rings. The average molecular weight is 182 g/mol. The van der Waals surface area contributed by atoms with Crippen LogP contribution in [0.3, 0.4) is 0 Å². The third kappa shape index (κ3) is 2.21. The normalized spacial score (nSPS) is 9.54. The second kappa shape index (κ2) is 3.93. The smallest absolute Gasteiger partial charge is 0.227 e. The highest BCUT2D eigenvalue weighted by molar-refractivity contribution is 5.45. The van der Waals surface area contributed by atoms with Gasteiger partial charge in [-0.1, -0.05) is 0 Å². The average Bonchev–Trinajstić information content (AvgIpc) is 2.16. The van der Waals surface area contributed by atoms with Crippen LogP contribution in [0, 0.1) is 0 Å². The number of aromatic nitrogens is 2. The van der Waals surface area contributed by atoms with E-state index in [4.69, 9.17) is 4.74 Å². The summed E-state index contributed by atoms with van der Waals surface area (Å²) in [5.41, 5.74) is 0. The Morgan fingerprint density at radius 2 is 2.08 bits per heavy atom. The van der Waals surface area contributed by atoms with Crippen molar-refractivity contribution in [2.24, 2.45) is 0 Å². The minimum Gasteiger partial charge on any atom is -0.481 e. The van der Waals surface area contributed by atoms with Crippen LogP contribution in [0.5, 0.6) is 5.88 Å². The zero-order valence-corrected chi connectivity index (χ0v) is 8.33. The molecule has 0 aliphatic heterocycles. The fraction of sp³-hybridized carbons (Fsp3) is 0.500. The molecule has 13 heavy (non-hydrogen) atoms. The number of hydrogen-bond acceptors (Lipinski definition) is 5. The van der Waals surface area contributed by atoms with Gasteiger partial charge in [-0.15, -0.1) is 0 Å². The molecule has 0 spiro atoms. The van der Waals surface area contributed by atoms with Crippen molar-refractivity contribution in [3.05, 3.63) is 6.07 Å². The highest BCUT2D eigenvalue weighted by Gasteiger charge is 2.04. The van der Waals surface area contributed by atoms with Gasteiger partial charge in [-0.3, -0.25) is 0 Å². The van der Waals surface area contributed by atoms with Gasteiger partial charge < -0.3 is 15.0 Å². The zero-order chi connectivity index (χ0) is 9.84. The Bertz CT molecular complexity index is 265. The van der Waals surface area contributed by atoms with Crippen molar-refractivity contribution in [1.82, 2.24) is 9.97 Å². The summed E-state index contributed by atoms with van der Waals surface area (Å²) in [6.45, 7) is 0. The number of nitrogens with zero attached hydrogens (tertiary/aromatic N) is 3. The Morgan fingerprint density at radius 1 is 1.38 bits per heavy atom. The second-order valence-corrected chi connectivity index (χ2v) is 2.74. The Morgan fingerprint density at radius 3 is 2.54 bits per heavy atom. The molecule has 5 nitrogen and oxygen atoms in total. The molecule has 0 aromatic carbocycles. The number of methoxy groups -OCH3 is 1. The van der Waals surface area contributed by atoms with Gasteiger partial charge in [0.05, 0.1) is 7.11 Å². The third-order valence-electron chi connectivity index (χ3n) is 1.58. The SMILES string of the molecule is CNc1nc(OC)cc(N(C)C)n1. The lowest BCUT2D eigenvalue weighted by Gasteiger charge is -2.12. The summed E-state index contributed by atoms with van der Waals surface area (Å²) in [7, 11) is 7.19. The molecule has 1 aromatic heterocycles. The monoisotopic (exact) mass is 182 g/mol. The van der Waals surface area contributed by atoms with E-state index >= 15 is 0 Å². The molecule has 0 radical (unpaired) electrons. The quantitative estimate of drug-likeness (QED) is 0.741. The lowest BCUT2D eigenvalue weighted by molar-refractivity contribution is 0.397. The number of anilines is 2. The Kier molecular flexibility index (Phi) is 2.89. The second-order valence-electron chi connectivity index (χ2n) is 2.74. The first kappa shape index (κ1) is 9.57. The van der Waals surface area contributed by atoms with Gasteiger partial charge in [0.1, 0.15) is 5.82 Å². The number of ether oxygens (including phenoxy) is 1. The summed E-state index contributed by atoms with van der Waals surface area (Å²) >= 11 is 0. The Labute approximate surface area is 77.8 Å². The van der Waals surface area contributed by atoms with Crippen molar-refractivity contribution in [3.63, 3.8) is 0 Å². The van der Waals surface area contributed by atoms with Crippen LogP contribution < -0.4 is 15.0 Å². The standard InChI is InChI=1S/C8H14N4O/c1-9-8-10-6(12(2)3)5-7(11-8)13-4/h5H,1-4H3,(H,9,10,11). The number of rotatable bonds is 3. The molecule has 0 saturated heterocycles. The van der Waals surface area contributed by atoms with Crippen LogP contribution >= 0.6 is 0 Å². The topological polar surface area (TPSA) is 50.3 Å². The maximum atomic E-state index is 5.03. The lowest BCUT2D eigenvalue weighted by Crippen LogP contribution is -2.12. The van der Waals surface area contributed by atoms with E-state index in [0.29, 0.717) is 11.8 Å². The van der Waals surface area contributed by atoms with Gasteiger partial charge in [0.15, 0.2) is 0 Å². The van der Waals surface area contributed by atoms with Crippen LogP contribution in [0.1, 0.15) is 0 Å². The highest BCUT2D eigenvalue weighted by Crippen LogP contribution is 2.16. The van der Waals surface area contributed by atoms with Crippen LogP contribution in [-0.2, 0) is 0 Å². The summed E-state index contributed by atoms with van der Waals surface area (Å²) in [6, 6.07) is 1.78. The van der Waals surface area contributed by atoms with Crippen molar-refractivity contribution >= 4 is 11.8 Å². The molecule has 0 amide bonds. The van der Waals surface area contributed by atoms with Crippen LogP contribution in [0.25, 0.3) is 0 Å². The van der Waals surface area contributed by atoms with E-state index in [2.05, 4.69) is 15.3 Å². The molecule has 1 aromatic rings. The molecule has 0 aliphatic carbocycles. The molecule has 1 heterocycles. The molecule has 0 unspecified atom stereocenters. The molecule has 0 saturated carbocycles. The first-order valence-electron chi connectivity index (χ1n) is 3.95. The molecule has 0 atom stereocenters. The van der Waals surface area contributed by atoms with Gasteiger partial charge in [0.2, 0.25) is 11.8 Å². The minimum absolute atomic E-state index is 0.558. The van der Waals surface area contributed by atoms with Gasteiger partial charge in [-0.05, 0) is 0 Å². The maximum absolute atomic E-state index is 5.03. The Hall–Kier alpha value is -1.52. The maximum Gasteiger partial charge on any atom is 0.227 e. The first-order chi connectivity index (χ1) is 6.17. The molecule has 1 rings (SSSR count). The largest absolute Gasteiger partial charge is 0.481 e. The summed E-state index contributed by atoms with van der Waals surface area (Å²) in [4.78, 5) is 10.2. The van der Waals surface area contributed by atoms with E-state index in [1.807, 2.05) is 19.0 Å². The Balaban J connectivity index is 3.07. The summed E-state index contributed by atoms with van der Waals surface area (Å²) < 4.78 is 5.03. The van der Waals surface area contributed by atoms with Crippen LogP contribution in [-0.4, -0.2) is 38.2 Å². The van der Waals surface area contributed by atoms with Crippen molar-refractivity contribution in [3.8, 4) is 5.88 Å². The molecular weight excluding hydrogens is 168 g/mol. The highest BCUT2D eigenvalue weighted by atomic mass is 16.5. The molecule has 5 heteroatoms. The third-order valence-corrected chi connectivity index (χ3v) is 1.58. The van der Waals surface area contributed by atoms with Gasteiger partial charge in [0.25, 0.3) is 0 Å². The van der Waals surface area contributed by atoms with Gasteiger partial charge >= 0.3 is 0 Å². The molecule has 0 bridgehead atoms. The zero-order valence-electron chi connectivity index (χ0n) is 8.33. The van der Waals surface area contributed by atoms with E-state index in [1.165, 1.54) is 0 Å². The fourth-order valence-corrected chi connectivity index (χ4v) is 0.858. The van der Waals surface area contributed by atoms with Gasteiger partial charge in [-0.25, -0.2) is 0 Å². The number of hydrogen-bond donors (Lipinski definition) is 1. The van der Waals surface area contributed by atoms with Crippen LogP contribution in [0.2, 0.25) is 0 Å². The minimum atomic E-state index is 0.558. The fourth-order valence-electron chi connectivity index (χ4n) is 0.858. The molecule has 0 fully saturated rings. The van der Waals surface area contributed by atoms with Gasteiger partial charge in [-0.2, -0.15) is 9.97 Å². The van der Waals surface area contributed by atoms with E-state index < -0.39 is 0 Å². The van der Waals surface area contributed by atoms with Crippen molar-refractivity contribution in [1.29, 1.82) is 0 Å².